The number of hydrogen-bond acceptors (Lipinski definition) is 4. The molecule has 1 atom stereocenters. The third kappa shape index (κ3) is 3.96. The first-order valence-electron chi connectivity index (χ1n) is 8.47. The summed E-state index contributed by atoms with van der Waals surface area (Å²) in [4.78, 5) is 24.8. The Labute approximate surface area is 146 Å². The molecule has 25 heavy (non-hydrogen) atoms. The molecule has 0 radical (unpaired) electrons. The largest absolute Gasteiger partial charge is 0.369 e. The van der Waals surface area contributed by atoms with E-state index in [0.29, 0.717) is 17.3 Å². The number of piperidine rings is 1. The molecule has 0 unspecified atom stereocenters. The summed E-state index contributed by atoms with van der Waals surface area (Å²) in [7, 11) is 0. The molecule has 1 aliphatic heterocycles. The Morgan fingerprint density at radius 3 is 2.40 bits per heavy atom. The van der Waals surface area contributed by atoms with Crippen molar-refractivity contribution in [3.8, 4) is 0 Å². The summed E-state index contributed by atoms with van der Waals surface area (Å²) < 4.78 is 0. The van der Waals surface area contributed by atoms with Gasteiger partial charge in [-0.2, -0.15) is 0 Å². The number of amides is 1. The van der Waals surface area contributed by atoms with Gasteiger partial charge in [0.25, 0.3) is 11.6 Å². The quantitative estimate of drug-likeness (QED) is 0.668. The van der Waals surface area contributed by atoms with Crippen LogP contribution < -0.4 is 10.2 Å². The number of rotatable bonds is 4. The molecular weight excluding hydrogens is 318 g/mol. The molecule has 1 N–H and O–H groups in total. The zero-order valence-corrected chi connectivity index (χ0v) is 14.1. The molecule has 1 heterocycles. The maximum Gasteiger partial charge on any atom is 0.269 e. The summed E-state index contributed by atoms with van der Waals surface area (Å²) in [6.45, 7) is 3.30. The Hall–Kier alpha value is -2.89. The van der Waals surface area contributed by atoms with Crippen LogP contribution in [-0.2, 0) is 0 Å². The summed E-state index contributed by atoms with van der Waals surface area (Å²) in [5, 5.41) is 13.5. The number of carbonyl (C=O) groups excluding carboxylic acids is 1. The highest BCUT2D eigenvalue weighted by Gasteiger charge is 2.18. The first kappa shape index (κ1) is 17.0. The Morgan fingerprint density at radius 1 is 1.12 bits per heavy atom. The van der Waals surface area contributed by atoms with Crippen molar-refractivity contribution in [2.24, 2.45) is 0 Å². The molecule has 3 rings (SSSR count). The van der Waals surface area contributed by atoms with Crippen LogP contribution in [0.4, 0.5) is 17.1 Å². The third-order valence-corrected chi connectivity index (χ3v) is 4.60. The number of nitrogens with one attached hydrogen (secondary N) is 1. The molecular formula is C19H21N3O3. The Kier molecular flexibility index (Phi) is 4.97. The Morgan fingerprint density at radius 2 is 1.80 bits per heavy atom. The van der Waals surface area contributed by atoms with E-state index in [2.05, 4.69) is 17.1 Å². The van der Waals surface area contributed by atoms with E-state index in [4.69, 9.17) is 0 Å². The van der Waals surface area contributed by atoms with E-state index in [1.54, 1.807) is 0 Å². The monoisotopic (exact) mass is 339 g/mol. The van der Waals surface area contributed by atoms with Crippen molar-refractivity contribution in [3.63, 3.8) is 0 Å². The van der Waals surface area contributed by atoms with Crippen LogP contribution in [0.25, 0.3) is 0 Å². The number of hydrogen-bond donors (Lipinski definition) is 1. The van der Waals surface area contributed by atoms with E-state index in [0.717, 1.165) is 6.54 Å². The topological polar surface area (TPSA) is 75.5 Å². The van der Waals surface area contributed by atoms with Gasteiger partial charge >= 0.3 is 0 Å². The van der Waals surface area contributed by atoms with E-state index in [-0.39, 0.29) is 11.6 Å². The number of nitro benzene ring substituents is 1. The first-order valence-corrected chi connectivity index (χ1v) is 8.47. The fraction of sp³-hybridized carbons (Fsp3) is 0.316. The molecule has 1 aliphatic rings. The lowest BCUT2D eigenvalue weighted by atomic mass is 10.0. The van der Waals surface area contributed by atoms with Gasteiger partial charge in [-0.25, -0.2) is 0 Å². The lowest BCUT2D eigenvalue weighted by Crippen LogP contribution is -2.37. The fourth-order valence-corrected chi connectivity index (χ4v) is 3.16. The van der Waals surface area contributed by atoms with Crippen LogP contribution in [0, 0.1) is 10.1 Å². The summed E-state index contributed by atoms with van der Waals surface area (Å²) >= 11 is 0. The second kappa shape index (κ2) is 7.34. The zero-order chi connectivity index (χ0) is 17.8. The zero-order valence-electron chi connectivity index (χ0n) is 14.1. The van der Waals surface area contributed by atoms with Crippen molar-refractivity contribution in [1.29, 1.82) is 0 Å². The van der Waals surface area contributed by atoms with Crippen LogP contribution in [0.3, 0.4) is 0 Å². The summed E-state index contributed by atoms with van der Waals surface area (Å²) in [6, 6.07) is 13.9. The van der Waals surface area contributed by atoms with Gasteiger partial charge in [0.05, 0.1) is 4.92 Å². The molecule has 130 valence electrons. The molecule has 0 aromatic heterocycles. The van der Waals surface area contributed by atoms with E-state index in [1.807, 2.05) is 24.3 Å². The van der Waals surface area contributed by atoms with Gasteiger partial charge in [0.2, 0.25) is 0 Å². The number of nitro groups is 1. The van der Waals surface area contributed by atoms with Gasteiger partial charge in [-0.05, 0) is 62.6 Å². The van der Waals surface area contributed by atoms with Crippen molar-refractivity contribution < 1.29 is 9.72 Å². The molecule has 0 bridgehead atoms. The van der Waals surface area contributed by atoms with Crippen molar-refractivity contribution >= 4 is 23.0 Å². The molecule has 6 heteroatoms. The van der Waals surface area contributed by atoms with Crippen LogP contribution in [0.2, 0.25) is 0 Å². The lowest BCUT2D eigenvalue weighted by Gasteiger charge is -2.35. The highest BCUT2D eigenvalue weighted by Crippen LogP contribution is 2.26. The van der Waals surface area contributed by atoms with Crippen molar-refractivity contribution in [3.05, 3.63) is 64.2 Å². The van der Waals surface area contributed by atoms with Gasteiger partial charge in [0.15, 0.2) is 0 Å². The average molecular weight is 339 g/mol. The van der Waals surface area contributed by atoms with Gasteiger partial charge in [-0.15, -0.1) is 0 Å². The van der Waals surface area contributed by atoms with Gasteiger partial charge < -0.3 is 10.2 Å². The van der Waals surface area contributed by atoms with Crippen molar-refractivity contribution in [1.82, 2.24) is 0 Å². The number of carbonyl (C=O) groups is 1. The molecule has 6 nitrogen and oxygen atoms in total. The highest BCUT2D eigenvalue weighted by atomic mass is 16.6. The van der Waals surface area contributed by atoms with Gasteiger partial charge in [-0.1, -0.05) is 0 Å². The molecule has 1 saturated heterocycles. The molecule has 1 fully saturated rings. The standard InChI is InChI=1S/C19H21N3O3/c1-14-4-2-3-13-21(14)17-11-7-16(8-12-17)20-19(23)15-5-9-18(10-6-15)22(24)25/h5-12,14H,2-4,13H2,1H3,(H,20,23)/t14-/m1/s1. The van der Waals surface area contributed by atoms with E-state index in [9.17, 15) is 14.9 Å². The molecule has 0 aliphatic carbocycles. The second-order valence-corrected chi connectivity index (χ2v) is 6.34. The number of non-ortho nitro benzene ring substituents is 1. The number of benzene rings is 2. The normalized spacial score (nSPS) is 17.2. The maximum absolute atomic E-state index is 12.2. The predicted molar refractivity (Wildman–Crippen MR) is 98.2 cm³/mol. The molecule has 0 saturated carbocycles. The minimum Gasteiger partial charge on any atom is -0.369 e. The molecule has 2 aromatic carbocycles. The summed E-state index contributed by atoms with van der Waals surface area (Å²) in [6.07, 6.45) is 3.70. The first-order chi connectivity index (χ1) is 12.0. The van der Waals surface area contributed by atoms with E-state index < -0.39 is 4.92 Å². The second-order valence-electron chi connectivity index (χ2n) is 6.34. The predicted octanol–water partition coefficient (Wildman–Crippen LogP) is 4.23. The van der Waals surface area contributed by atoms with Crippen LogP contribution in [0.15, 0.2) is 48.5 Å². The smallest absolute Gasteiger partial charge is 0.269 e. The maximum atomic E-state index is 12.2. The average Bonchev–Trinajstić information content (AvgIpc) is 2.63. The number of nitrogens with zero attached hydrogens (tertiary/aromatic N) is 2. The van der Waals surface area contributed by atoms with E-state index in [1.165, 1.54) is 49.2 Å². The van der Waals surface area contributed by atoms with Crippen molar-refractivity contribution in [2.45, 2.75) is 32.2 Å². The molecule has 2 aromatic rings. The van der Waals surface area contributed by atoms with Crippen LogP contribution in [-0.4, -0.2) is 23.4 Å². The minimum absolute atomic E-state index is 0.0310. The Bertz CT molecular complexity index is 756. The van der Waals surface area contributed by atoms with Crippen LogP contribution >= 0.6 is 0 Å². The lowest BCUT2D eigenvalue weighted by molar-refractivity contribution is -0.384. The SMILES string of the molecule is C[C@@H]1CCCCN1c1ccc(NC(=O)c2ccc([N+](=O)[O-])cc2)cc1. The van der Waals surface area contributed by atoms with Crippen molar-refractivity contribution in [2.75, 3.05) is 16.8 Å². The Balaban J connectivity index is 1.66. The van der Waals surface area contributed by atoms with E-state index >= 15 is 0 Å². The van der Waals surface area contributed by atoms with Crippen LogP contribution in [0.5, 0.6) is 0 Å². The third-order valence-electron chi connectivity index (χ3n) is 4.60. The fourth-order valence-electron chi connectivity index (χ4n) is 3.16. The molecule has 0 spiro atoms. The summed E-state index contributed by atoms with van der Waals surface area (Å²) in [5.41, 5.74) is 2.23. The van der Waals surface area contributed by atoms with Gasteiger partial charge in [-0.3, -0.25) is 14.9 Å². The number of anilines is 2. The summed E-state index contributed by atoms with van der Waals surface area (Å²) in [5.74, 6) is -0.283. The van der Waals surface area contributed by atoms with Gasteiger partial charge in [0, 0.05) is 41.7 Å². The highest BCUT2D eigenvalue weighted by molar-refractivity contribution is 6.04. The molecule has 1 amide bonds. The van der Waals surface area contributed by atoms with Gasteiger partial charge in [0.1, 0.15) is 0 Å². The van der Waals surface area contributed by atoms with Crippen LogP contribution in [0.1, 0.15) is 36.5 Å². The minimum atomic E-state index is -0.484.